The van der Waals surface area contributed by atoms with Crippen LogP contribution in [0.3, 0.4) is 0 Å². The Morgan fingerprint density at radius 2 is 1.87 bits per heavy atom. The molecule has 0 aromatic carbocycles. The third-order valence-corrected chi connectivity index (χ3v) is 6.37. The molecule has 0 radical (unpaired) electrons. The molecule has 122 valence electrons. The summed E-state index contributed by atoms with van der Waals surface area (Å²) in [7, 11) is 0. The van der Waals surface area contributed by atoms with Crippen molar-refractivity contribution in [1.29, 1.82) is 0 Å². The van der Waals surface area contributed by atoms with Crippen LogP contribution in [0.2, 0.25) is 0 Å². The largest absolute Gasteiger partial charge is 0.0776 e. The van der Waals surface area contributed by atoms with Crippen LogP contribution in [0.15, 0.2) is 70.4 Å². The second-order valence-corrected chi connectivity index (χ2v) is 7.93. The molecule has 0 heterocycles. The molecule has 0 saturated carbocycles. The summed E-state index contributed by atoms with van der Waals surface area (Å²) in [6, 6.07) is 0. The van der Waals surface area contributed by atoms with Crippen molar-refractivity contribution in [2.75, 3.05) is 0 Å². The van der Waals surface area contributed by atoms with Crippen LogP contribution in [-0.4, -0.2) is 0 Å². The zero-order chi connectivity index (χ0) is 15.5. The Morgan fingerprint density at radius 1 is 1.13 bits per heavy atom. The van der Waals surface area contributed by atoms with E-state index in [4.69, 9.17) is 0 Å². The van der Waals surface area contributed by atoms with Crippen LogP contribution < -0.4 is 0 Å². The van der Waals surface area contributed by atoms with Gasteiger partial charge >= 0.3 is 0 Å². The van der Waals surface area contributed by atoms with Gasteiger partial charge in [0.1, 0.15) is 0 Å². The molecule has 3 unspecified atom stereocenters. The van der Waals surface area contributed by atoms with Gasteiger partial charge in [0.15, 0.2) is 0 Å². The smallest absolute Gasteiger partial charge is 0.0163 e. The first-order valence-electron chi connectivity index (χ1n) is 8.71. The number of allylic oxidation sites excluding steroid dienone is 12. The maximum Gasteiger partial charge on any atom is 0.0163 e. The van der Waals surface area contributed by atoms with E-state index >= 15 is 0 Å². The summed E-state index contributed by atoms with van der Waals surface area (Å²) >= 11 is 0. The Morgan fingerprint density at radius 3 is 2.61 bits per heavy atom. The first kappa shape index (κ1) is 16.3. The van der Waals surface area contributed by atoms with Gasteiger partial charge < -0.3 is 0 Å². The summed E-state index contributed by atoms with van der Waals surface area (Å²) in [4.78, 5) is 0. The molecule has 0 aromatic heterocycles. The van der Waals surface area contributed by atoms with E-state index in [1.165, 1.54) is 17.6 Å². The summed E-state index contributed by atoms with van der Waals surface area (Å²) in [6.45, 7) is 9.45. The van der Waals surface area contributed by atoms with Crippen molar-refractivity contribution in [3.8, 4) is 0 Å². The fraction of sp³-hybridized carbons (Fsp3) is 0.478. The summed E-state index contributed by atoms with van der Waals surface area (Å²) < 4.78 is 0. The van der Waals surface area contributed by atoms with Gasteiger partial charge in [-0.05, 0) is 35.5 Å². The molecule has 0 saturated heterocycles. The molecule has 4 aliphatic carbocycles. The van der Waals surface area contributed by atoms with E-state index in [0.717, 1.165) is 6.42 Å². The van der Waals surface area contributed by atoms with Crippen LogP contribution in [0.25, 0.3) is 0 Å². The molecular formula is C23H30. The molecule has 4 aliphatic rings. The lowest BCUT2D eigenvalue weighted by molar-refractivity contribution is 0.276. The summed E-state index contributed by atoms with van der Waals surface area (Å²) in [6.07, 6.45) is 19.2. The monoisotopic (exact) mass is 306 g/mol. The van der Waals surface area contributed by atoms with Crippen LogP contribution in [0.1, 0.15) is 48.0 Å². The van der Waals surface area contributed by atoms with Crippen LogP contribution in [-0.2, 0) is 0 Å². The van der Waals surface area contributed by atoms with Crippen molar-refractivity contribution in [3.63, 3.8) is 0 Å². The zero-order valence-electron chi connectivity index (χ0n) is 14.2. The molecule has 0 spiro atoms. The summed E-state index contributed by atoms with van der Waals surface area (Å²) in [5.41, 5.74) is 8.16. The summed E-state index contributed by atoms with van der Waals surface area (Å²) in [5, 5.41) is 0. The van der Waals surface area contributed by atoms with Gasteiger partial charge in [0, 0.05) is 17.8 Å². The normalized spacial score (nSPS) is 31.0. The lowest BCUT2D eigenvalue weighted by Crippen LogP contribution is -2.34. The highest BCUT2D eigenvalue weighted by Gasteiger charge is 2.42. The predicted molar refractivity (Wildman–Crippen MR) is 101 cm³/mol. The van der Waals surface area contributed by atoms with E-state index < -0.39 is 0 Å². The molecule has 0 N–H and O–H groups in total. The van der Waals surface area contributed by atoms with Gasteiger partial charge in [-0.1, -0.05) is 88.3 Å². The van der Waals surface area contributed by atoms with E-state index in [2.05, 4.69) is 70.2 Å². The minimum absolute atomic E-state index is 0. The van der Waals surface area contributed by atoms with Crippen molar-refractivity contribution in [3.05, 3.63) is 70.4 Å². The third kappa shape index (κ3) is 2.26. The van der Waals surface area contributed by atoms with Gasteiger partial charge in [-0.3, -0.25) is 0 Å². The van der Waals surface area contributed by atoms with Gasteiger partial charge in [-0.25, -0.2) is 0 Å². The molecule has 0 heteroatoms. The van der Waals surface area contributed by atoms with Crippen LogP contribution in [0, 0.1) is 23.2 Å². The van der Waals surface area contributed by atoms with E-state index in [0.29, 0.717) is 23.2 Å². The minimum atomic E-state index is 0. The van der Waals surface area contributed by atoms with Crippen LogP contribution >= 0.6 is 0 Å². The molecule has 0 fully saturated rings. The molecular weight excluding hydrogens is 276 g/mol. The molecule has 23 heavy (non-hydrogen) atoms. The molecule has 4 rings (SSSR count). The number of rotatable bonds is 2. The van der Waals surface area contributed by atoms with Crippen molar-refractivity contribution >= 4 is 0 Å². The third-order valence-electron chi connectivity index (χ3n) is 6.37. The highest BCUT2D eigenvalue weighted by atomic mass is 14.5. The van der Waals surface area contributed by atoms with Crippen molar-refractivity contribution in [2.24, 2.45) is 23.2 Å². The maximum absolute atomic E-state index is 2.52. The van der Waals surface area contributed by atoms with Crippen LogP contribution in [0.5, 0.6) is 0 Å². The number of hydrogen-bond donors (Lipinski definition) is 0. The van der Waals surface area contributed by atoms with Gasteiger partial charge in [-0.15, -0.1) is 0 Å². The van der Waals surface area contributed by atoms with E-state index in [1.54, 1.807) is 16.7 Å². The topological polar surface area (TPSA) is 0 Å². The summed E-state index contributed by atoms with van der Waals surface area (Å²) in [5.74, 6) is 1.75. The van der Waals surface area contributed by atoms with Gasteiger partial charge in [0.2, 0.25) is 0 Å². The Bertz CT molecular complexity index is 700. The molecule has 0 amide bonds. The molecule has 0 nitrogen and oxygen atoms in total. The highest BCUT2D eigenvalue weighted by molar-refractivity contribution is 5.62. The van der Waals surface area contributed by atoms with Crippen molar-refractivity contribution in [2.45, 2.75) is 48.0 Å². The average Bonchev–Trinajstić information content (AvgIpc) is 2.54. The first-order chi connectivity index (χ1) is 10.5. The van der Waals surface area contributed by atoms with Gasteiger partial charge in [0.25, 0.3) is 0 Å². The standard InChI is InChI=1S/C22H26.CH4/c1-5-22(3,4)19-13-10-16-8-11-17-14(2)6-7-15-9-12-18(19)21(16)20(15)17;/h6-8,10-13,17,19-20H,5,9H2,1-4H3;1H4. The molecule has 0 bridgehead atoms. The Kier molecular flexibility index (Phi) is 3.91. The molecule has 3 atom stereocenters. The Labute approximate surface area is 142 Å². The van der Waals surface area contributed by atoms with Crippen molar-refractivity contribution < 1.29 is 0 Å². The van der Waals surface area contributed by atoms with E-state index in [9.17, 15) is 0 Å². The second kappa shape index (κ2) is 5.51. The Hall–Kier alpha value is -1.56. The zero-order valence-corrected chi connectivity index (χ0v) is 14.2. The quantitative estimate of drug-likeness (QED) is 0.542. The fourth-order valence-corrected chi connectivity index (χ4v) is 4.58. The predicted octanol–water partition coefficient (Wildman–Crippen LogP) is 6.56. The second-order valence-electron chi connectivity index (χ2n) is 7.93. The fourth-order valence-electron chi connectivity index (χ4n) is 4.58. The molecule has 0 aliphatic heterocycles. The Balaban J connectivity index is 0.00000156. The van der Waals surface area contributed by atoms with E-state index in [-0.39, 0.29) is 7.43 Å². The lowest BCUT2D eigenvalue weighted by atomic mass is 9.58. The van der Waals surface area contributed by atoms with Gasteiger partial charge in [-0.2, -0.15) is 0 Å². The lowest BCUT2D eigenvalue weighted by Gasteiger charge is -2.46. The highest BCUT2D eigenvalue weighted by Crippen LogP contribution is 2.54. The molecule has 0 aromatic rings. The van der Waals surface area contributed by atoms with E-state index in [1.807, 2.05) is 0 Å². The van der Waals surface area contributed by atoms with Crippen molar-refractivity contribution in [1.82, 2.24) is 0 Å². The average molecular weight is 306 g/mol. The maximum atomic E-state index is 2.52. The number of hydrogen-bond acceptors (Lipinski definition) is 0. The van der Waals surface area contributed by atoms with Gasteiger partial charge in [0.05, 0.1) is 0 Å². The minimum Gasteiger partial charge on any atom is -0.0776 e. The van der Waals surface area contributed by atoms with Crippen LogP contribution in [0.4, 0.5) is 0 Å². The first-order valence-corrected chi connectivity index (χ1v) is 8.71. The SMILES string of the molecule is C.CCC(C)(C)C1C=CC2=C3C1=CCC1=CC=C(C)C(C=C2)C13.